The van der Waals surface area contributed by atoms with Crippen LogP contribution in [-0.2, 0) is 0 Å². The zero-order chi connectivity index (χ0) is 16.7. The Balaban J connectivity index is 2.24. The standard InChI is InChI=1S/C17H19N3OS2/c1-3-4-5-10-23-13-8-6-12(7-9-13)15-14(11-18)16(21)20-17(19-15)22-2/h6-9H,3-5,10H2,1-2H3,(H,19,20,21). The Morgan fingerprint density at radius 1 is 1.26 bits per heavy atom. The number of unbranched alkanes of at least 4 members (excludes halogenated alkanes) is 2. The second kappa shape index (κ2) is 8.80. The maximum absolute atomic E-state index is 12.0. The molecule has 1 N–H and O–H groups in total. The van der Waals surface area contributed by atoms with Crippen LogP contribution in [0.2, 0.25) is 0 Å². The van der Waals surface area contributed by atoms with Gasteiger partial charge in [-0.3, -0.25) is 4.79 Å². The summed E-state index contributed by atoms with van der Waals surface area (Å²) in [6.45, 7) is 2.20. The summed E-state index contributed by atoms with van der Waals surface area (Å²) in [5, 5.41) is 9.74. The number of H-pyrrole nitrogens is 1. The first-order chi connectivity index (χ1) is 11.2. The Morgan fingerprint density at radius 3 is 2.61 bits per heavy atom. The zero-order valence-electron chi connectivity index (χ0n) is 13.3. The van der Waals surface area contributed by atoms with Crippen molar-refractivity contribution in [2.75, 3.05) is 12.0 Å². The minimum absolute atomic E-state index is 0.0612. The molecule has 1 heterocycles. The summed E-state index contributed by atoms with van der Waals surface area (Å²) in [6, 6.07) is 9.85. The molecule has 0 spiro atoms. The summed E-state index contributed by atoms with van der Waals surface area (Å²) in [5.74, 6) is 1.11. The van der Waals surface area contributed by atoms with Gasteiger partial charge in [-0.2, -0.15) is 5.26 Å². The fourth-order valence-corrected chi connectivity index (χ4v) is 3.40. The Kier molecular flexibility index (Phi) is 6.75. The van der Waals surface area contributed by atoms with E-state index in [1.807, 2.05) is 48.4 Å². The SMILES string of the molecule is CCCCCSc1ccc(-c2nc(SC)[nH]c(=O)c2C#N)cc1. The first-order valence-corrected chi connectivity index (χ1v) is 9.72. The lowest BCUT2D eigenvalue weighted by atomic mass is 10.1. The molecule has 0 bridgehead atoms. The highest BCUT2D eigenvalue weighted by molar-refractivity contribution is 7.99. The Bertz CT molecular complexity index is 748. The molecular formula is C17H19N3OS2. The first kappa shape index (κ1) is 17.6. The van der Waals surface area contributed by atoms with Crippen molar-refractivity contribution in [3.63, 3.8) is 0 Å². The zero-order valence-corrected chi connectivity index (χ0v) is 14.9. The number of nitriles is 1. The van der Waals surface area contributed by atoms with Crippen LogP contribution in [0, 0.1) is 11.3 Å². The molecule has 0 atom stereocenters. The highest BCUT2D eigenvalue weighted by Gasteiger charge is 2.13. The van der Waals surface area contributed by atoms with Gasteiger partial charge in [0.2, 0.25) is 0 Å². The van der Waals surface area contributed by atoms with E-state index in [1.165, 1.54) is 35.9 Å². The highest BCUT2D eigenvalue weighted by atomic mass is 32.2. The fraction of sp³-hybridized carbons (Fsp3) is 0.353. The van der Waals surface area contributed by atoms with Crippen LogP contribution in [0.15, 0.2) is 39.1 Å². The number of aromatic nitrogens is 2. The lowest BCUT2D eigenvalue weighted by Crippen LogP contribution is -2.14. The molecule has 120 valence electrons. The largest absolute Gasteiger partial charge is 0.300 e. The van der Waals surface area contributed by atoms with Crippen LogP contribution in [0.4, 0.5) is 0 Å². The van der Waals surface area contributed by atoms with Gasteiger partial charge in [0, 0.05) is 10.5 Å². The normalized spacial score (nSPS) is 10.5. The van der Waals surface area contributed by atoms with Crippen LogP contribution in [0.1, 0.15) is 31.7 Å². The quantitative estimate of drug-likeness (QED) is 0.460. The molecule has 0 aliphatic carbocycles. The van der Waals surface area contributed by atoms with Gasteiger partial charge in [-0.1, -0.05) is 43.7 Å². The Labute approximate surface area is 144 Å². The second-order valence-electron chi connectivity index (χ2n) is 4.99. The average Bonchev–Trinajstić information content (AvgIpc) is 2.58. The van der Waals surface area contributed by atoms with Crippen molar-refractivity contribution in [2.45, 2.75) is 36.2 Å². The van der Waals surface area contributed by atoms with Crippen molar-refractivity contribution >= 4 is 23.5 Å². The van der Waals surface area contributed by atoms with Gasteiger partial charge < -0.3 is 4.98 Å². The molecule has 0 unspecified atom stereocenters. The second-order valence-corrected chi connectivity index (χ2v) is 6.95. The van der Waals surface area contributed by atoms with Crippen molar-refractivity contribution in [2.24, 2.45) is 0 Å². The van der Waals surface area contributed by atoms with Crippen LogP contribution in [0.3, 0.4) is 0 Å². The predicted molar refractivity (Wildman–Crippen MR) is 97.0 cm³/mol. The number of nitrogens with one attached hydrogen (secondary N) is 1. The maximum atomic E-state index is 12.0. The van der Waals surface area contributed by atoms with E-state index >= 15 is 0 Å². The fourth-order valence-electron chi connectivity index (χ4n) is 2.11. The van der Waals surface area contributed by atoms with Crippen molar-refractivity contribution in [3.8, 4) is 17.3 Å². The van der Waals surface area contributed by atoms with Gasteiger partial charge in [0.15, 0.2) is 5.16 Å². The molecule has 1 aromatic heterocycles. The summed E-state index contributed by atoms with van der Waals surface area (Å²) < 4.78 is 0. The van der Waals surface area contributed by atoms with Crippen molar-refractivity contribution in [1.82, 2.24) is 9.97 Å². The van der Waals surface area contributed by atoms with Gasteiger partial charge >= 0.3 is 0 Å². The van der Waals surface area contributed by atoms with E-state index < -0.39 is 0 Å². The third-order valence-corrected chi connectivity index (χ3v) is 5.03. The van der Waals surface area contributed by atoms with Gasteiger partial charge in [0.25, 0.3) is 5.56 Å². The minimum Gasteiger partial charge on any atom is -0.300 e. The minimum atomic E-state index is -0.389. The van der Waals surface area contributed by atoms with E-state index in [0.717, 1.165) is 11.3 Å². The van der Waals surface area contributed by atoms with Crippen molar-refractivity contribution in [1.29, 1.82) is 5.26 Å². The van der Waals surface area contributed by atoms with Crippen LogP contribution in [0.25, 0.3) is 11.3 Å². The van der Waals surface area contributed by atoms with Crippen LogP contribution < -0.4 is 5.56 Å². The molecule has 0 amide bonds. The van der Waals surface area contributed by atoms with E-state index in [-0.39, 0.29) is 11.1 Å². The number of hydrogen-bond acceptors (Lipinski definition) is 5. The lowest BCUT2D eigenvalue weighted by molar-refractivity contribution is 0.778. The van der Waals surface area contributed by atoms with Crippen LogP contribution >= 0.6 is 23.5 Å². The first-order valence-electron chi connectivity index (χ1n) is 7.51. The Morgan fingerprint density at radius 2 is 2.00 bits per heavy atom. The third kappa shape index (κ3) is 4.63. The lowest BCUT2D eigenvalue weighted by Gasteiger charge is -2.06. The van der Waals surface area contributed by atoms with Gasteiger partial charge in [-0.25, -0.2) is 4.98 Å². The average molecular weight is 345 g/mol. The summed E-state index contributed by atoms with van der Waals surface area (Å²) in [4.78, 5) is 20.1. The third-order valence-electron chi connectivity index (χ3n) is 3.35. The van der Waals surface area contributed by atoms with E-state index in [4.69, 9.17) is 0 Å². The number of nitrogens with zero attached hydrogens (tertiary/aromatic N) is 2. The van der Waals surface area contributed by atoms with Gasteiger partial charge in [0.1, 0.15) is 11.6 Å². The molecule has 1 aromatic carbocycles. The molecule has 0 aliphatic heterocycles. The molecule has 2 rings (SSSR count). The molecule has 0 fully saturated rings. The molecule has 0 saturated heterocycles. The molecule has 0 saturated carbocycles. The molecular weight excluding hydrogens is 326 g/mol. The van der Waals surface area contributed by atoms with Crippen LogP contribution in [0.5, 0.6) is 0 Å². The van der Waals surface area contributed by atoms with Crippen molar-refractivity contribution < 1.29 is 0 Å². The van der Waals surface area contributed by atoms with E-state index in [1.54, 1.807) is 0 Å². The Hall–Kier alpha value is -1.71. The number of thioether (sulfide) groups is 2. The summed E-state index contributed by atoms with van der Waals surface area (Å²) in [5.41, 5.74) is 0.912. The summed E-state index contributed by atoms with van der Waals surface area (Å²) >= 11 is 3.18. The monoisotopic (exact) mass is 345 g/mol. The topological polar surface area (TPSA) is 69.5 Å². The molecule has 2 aromatic rings. The smallest absolute Gasteiger partial charge is 0.270 e. The molecule has 0 radical (unpaired) electrons. The van der Waals surface area contributed by atoms with Crippen molar-refractivity contribution in [3.05, 3.63) is 40.2 Å². The molecule has 6 heteroatoms. The number of aromatic amines is 1. The van der Waals surface area contributed by atoms with E-state index in [2.05, 4.69) is 16.9 Å². The number of benzene rings is 1. The van der Waals surface area contributed by atoms with Gasteiger partial charge in [-0.05, 0) is 30.6 Å². The maximum Gasteiger partial charge on any atom is 0.270 e. The molecule has 23 heavy (non-hydrogen) atoms. The number of hydrogen-bond donors (Lipinski definition) is 1. The van der Waals surface area contributed by atoms with E-state index in [9.17, 15) is 10.1 Å². The predicted octanol–water partition coefficient (Wildman–Crippen LogP) is 4.31. The van der Waals surface area contributed by atoms with E-state index in [0.29, 0.717) is 10.9 Å². The highest BCUT2D eigenvalue weighted by Crippen LogP contribution is 2.25. The molecule has 0 aliphatic rings. The molecule has 4 nitrogen and oxygen atoms in total. The van der Waals surface area contributed by atoms with Crippen LogP contribution in [-0.4, -0.2) is 22.0 Å². The summed E-state index contributed by atoms with van der Waals surface area (Å²) in [7, 11) is 0. The number of rotatable bonds is 7. The van der Waals surface area contributed by atoms with Gasteiger partial charge in [0.05, 0.1) is 5.69 Å². The van der Waals surface area contributed by atoms with Gasteiger partial charge in [-0.15, -0.1) is 11.8 Å². The summed E-state index contributed by atoms with van der Waals surface area (Å²) in [6.07, 6.45) is 5.53.